The number of carbonyl (C=O) groups is 2. The van der Waals surface area contributed by atoms with Crippen LogP contribution in [0.3, 0.4) is 0 Å². The number of nitrogens with two attached hydrogens (primary N) is 1. The first-order valence-electron chi connectivity index (χ1n) is 6.47. The molecule has 1 aromatic carbocycles. The summed E-state index contributed by atoms with van der Waals surface area (Å²) in [4.78, 5) is 23.4. The molecule has 0 radical (unpaired) electrons. The van der Waals surface area contributed by atoms with Crippen LogP contribution in [0.5, 0.6) is 0 Å². The number of rotatable bonds is 2. The van der Waals surface area contributed by atoms with Crippen LogP contribution in [-0.4, -0.2) is 30.9 Å². The molecule has 1 atom stereocenters. The minimum Gasteiger partial charge on any atom is -0.354 e. The van der Waals surface area contributed by atoms with Gasteiger partial charge in [0.05, 0.1) is 18.2 Å². The summed E-state index contributed by atoms with van der Waals surface area (Å²) < 4.78 is 0. The van der Waals surface area contributed by atoms with E-state index in [1.165, 1.54) is 0 Å². The zero-order chi connectivity index (χ0) is 14.5. The number of benzene rings is 1. The van der Waals surface area contributed by atoms with E-state index in [0.717, 1.165) is 5.56 Å². The van der Waals surface area contributed by atoms with Crippen LogP contribution < -0.4 is 16.4 Å². The van der Waals surface area contributed by atoms with Crippen molar-refractivity contribution >= 4 is 11.8 Å². The summed E-state index contributed by atoms with van der Waals surface area (Å²) in [5.74, 6) is 5.41. The van der Waals surface area contributed by atoms with E-state index in [0.29, 0.717) is 24.1 Å². The van der Waals surface area contributed by atoms with E-state index in [4.69, 9.17) is 5.73 Å². The lowest BCUT2D eigenvalue weighted by Crippen LogP contribution is -2.36. The Bertz CT molecular complexity index is 599. The molecule has 1 unspecified atom stereocenters. The highest BCUT2D eigenvalue weighted by atomic mass is 16.2. The molecule has 1 heterocycles. The molecule has 0 saturated carbocycles. The first-order valence-corrected chi connectivity index (χ1v) is 6.47. The maximum Gasteiger partial charge on any atom is 0.252 e. The maximum absolute atomic E-state index is 12.3. The number of aryl methyl sites for hydroxylation is 1. The quantitative estimate of drug-likeness (QED) is 0.658. The fourth-order valence-electron chi connectivity index (χ4n) is 2.08. The van der Waals surface area contributed by atoms with E-state index in [1.807, 2.05) is 19.1 Å². The topological polar surface area (TPSA) is 84.2 Å². The van der Waals surface area contributed by atoms with Crippen LogP contribution in [0.15, 0.2) is 18.2 Å². The molecule has 0 bridgehead atoms. The van der Waals surface area contributed by atoms with Gasteiger partial charge < -0.3 is 16.4 Å². The first kappa shape index (κ1) is 14.1. The Morgan fingerprint density at radius 2 is 2.35 bits per heavy atom. The Balaban J connectivity index is 2.18. The average molecular weight is 271 g/mol. The molecular weight excluding hydrogens is 254 g/mol. The van der Waals surface area contributed by atoms with E-state index < -0.39 is 0 Å². The summed E-state index contributed by atoms with van der Waals surface area (Å²) in [5, 5.41) is 5.53. The Hall–Kier alpha value is -2.32. The van der Waals surface area contributed by atoms with Gasteiger partial charge in [0.1, 0.15) is 0 Å². The SMILES string of the molecule is Cc1ccc(C(=O)NC2CNC(=O)C2)c(C#CCN)c1. The van der Waals surface area contributed by atoms with Crippen molar-refractivity contribution in [3.63, 3.8) is 0 Å². The highest BCUT2D eigenvalue weighted by molar-refractivity contribution is 5.97. The zero-order valence-electron chi connectivity index (χ0n) is 11.3. The Labute approximate surface area is 117 Å². The number of carbonyl (C=O) groups excluding carboxylic acids is 2. The van der Waals surface area contributed by atoms with Gasteiger partial charge in [-0.3, -0.25) is 9.59 Å². The van der Waals surface area contributed by atoms with E-state index in [-0.39, 0.29) is 24.4 Å². The highest BCUT2D eigenvalue weighted by Gasteiger charge is 2.23. The third kappa shape index (κ3) is 3.37. The molecule has 1 saturated heterocycles. The molecule has 1 fully saturated rings. The van der Waals surface area contributed by atoms with E-state index in [1.54, 1.807) is 6.07 Å². The Kier molecular flexibility index (Phi) is 4.38. The third-order valence-corrected chi connectivity index (χ3v) is 3.06. The lowest BCUT2D eigenvalue weighted by Gasteiger charge is -2.12. The molecule has 1 aliphatic heterocycles. The van der Waals surface area contributed by atoms with Crippen molar-refractivity contribution in [2.45, 2.75) is 19.4 Å². The molecule has 1 aromatic rings. The molecule has 2 rings (SSSR count). The minimum absolute atomic E-state index is 0.0395. The Morgan fingerprint density at radius 1 is 1.55 bits per heavy atom. The smallest absolute Gasteiger partial charge is 0.252 e. The number of nitrogens with one attached hydrogen (secondary N) is 2. The van der Waals surface area contributed by atoms with Crippen LogP contribution in [0.4, 0.5) is 0 Å². The molecule has 0 aliphatic carbocycles. The second-order valence-electron chi connectivity index (χ2n) is 4.73. The van der Waals surface area contributed by atoms with Crippen molar-refractivity contribution in [1.29, 1.82) is 0 Å². The van der Waals surface area contributed by atoms with Crippen molar-refractivity contribution in [2.75, 3.05) is 13.1 Å². The molecular formula is C15H17N3O2. The first-order chi connectivity index (χ1) is 9.60. The van der Waals surface area contributed by atoms with Gasteiger partial charge in [0.25, 0.3) is 5.91 Å². The number of amides is 2. The fraction of sp³-hybridized carbons (Fsp3) is 0.333. The van der Waals surface area contributed by atoms with Gasteiger partial charge in [-0.1, -0.05) is 17.9 Å². The van der Waals surface area contributed by atoms with Gasteiger partial charge in [0.2, 0.25) is 5.91 Å². The Morgan fingerprint density at radius 3 is 3.00 bits per heavy atom. The van der Waals surface area contributed by atoms with Crippen molar-refractivity contribution in [1.82, 2.24) is 10.6 Å². The monoisotopic (exact) mass is 271 g/mol. The predicted molar refractivity (Wildman–Crippen MR) is 76.0 cm³/mol. The maximum atomic E-state index is 12.3. The standard InChI is InChI=1S/C15H17N3O2/c1-10-4-5-13(11(7-10)3-2-6-16)15(20)18-12-8-14(19)17-9-12/h4-5,7,12H,6,8-9,16H2,1H3,(H,17,19)(H,18,20). The van der Waals surface area contributed by atoms with Crippen LogP contribution in [0.1, 0.15) is 27.9 Å². The molecule has 20 heavy (non-hydrogen) atoms. The van der Waals surface area contributed by atoms with Crippen LogP contribution in [0.25, 0.3) is 0 Å². The highest BCUT2D eigenvalue weighted by Crippen LogP contribution is 2.12. The van der Waals surface area contributed by atoms with Gasteiger partial charge in [0.15, 0.2) is 0 Å². The van der Waals surface area contributed by atoms with E-state index in [9.17, 15) is 9.59 Å². The van der Waals surface area contributed by atoms with Gasteiger partial charge in [-0.05, 0) is 24.6 Å². The molecule has 1 aliphatic rings. The summed E-state index contributed by atoms with van der Waals surface area (Å²) in [6, 6.07) is 5.30. The lowest BCUT2D eigenvalue weighted by molar-refractivity contribution is -0.119. The predicted octanol–water partition coefficient (Wildman–Crippen LogP) is -0.0765. The van der Waals surface area contributed by atoms with Crippen LogP contribution in [0, 0.1) is 18.8 Å². The normalized spacial score (nSPS) is 17.1. The minimum atomic E-state index is -0.215. The number of hydrogen-bond acceptors (Lipinski definition) is 3. The van der Waals surface area contributed by atoms with Gasteiger partial charge >= 0.3 is 0 Å². The van der Waals surface area contributed by atoms with Gasteiger partial charge in [-0.15, -0.1) is 0 Å². The average Bonchev–Trinajstić information content (AvgIpc) is 2.81. The van der Waals surface area contributed by atoms with Crippen molar-refractivity contribution in [2.24, 2.45) is 5.73 Å². The summed E-state index contributed by atoms with van der Waals surface area (Å²) in [6.07, 6.45) is 0.321. The summed E-state index contributed by atoms with van der Waals surface area (Å²) in [5.41, 5.74) is 7.56. The van der Waals surface area contributed by atoms with Gasteiger partial charge in [-0.2, -0.15) is 0 Å². The molecule has 0 spiro atoms. The molecule has 5 nitrogen and oxygen atoms in total. The summed E-state index contributed by atoms with van der Waals surface area (Å²) in [6.45, 7) is 2.66. The lowest BCUT2D eigenvalue weighted by atomic mass is 10.0. The van der Waals surface area contributed by atoms with Crippen LogP contribution >= 0.6 is 0 Å². The van der Waals surface area contributed by atoms with Crippen LogP contribution in [0.2, 0.25) is 0 Å². The van der Waals surface area contributed by atoms with E-state index >= 15 is 0 Å². The van der Waals surface area contributed by atoms with Crippen molar-refractivity contribution < 1.29 is 9.59 Å². The second kappa shape index (κ2) is 6.22. The third-order valence-electron chi connectivity index (χ3n) is 3.06. The van der Waals surface area contributed by atoms with Gasteiger partial charge in [-0.25, -0.2) is 0 Å². The molecule has 5 heteroatoms. The van der Waals surface area contributed by atoms with Crippen molar-refractivity contribution in [3.8, 4) is 11.8 Å². The molecule has 2 amide bonds. The van der Waals surface area contributed by atoms with Crippen molar-refractivity contribution in [3.05, 3.63) is 34.9 Å². The number of hydrogen-bond donors (Lipinski definition) is 3. The zero-order valence-corrected chi connectivity index (χ0v) is 11.3. The summed E-state index contributed by atoms with van der Waals surface area (Å²) >= 11 is 0. The van der Waals surface area contributed by atoms with Crippen LogP contribution in [-0.2, 0) is 4.79 Å². The second-order valence-corrected chi connectivity index (χ2v) is 4.73. The fourth-order valence-corrected chi connectivity index (χ4v) is 2.08. The summed E-state index contributed by atoms with van der Waals surface area (Å²) in [7, 11) is 0. The molecule has 104 valence electrons. The molecule has 0 aromatic heterocycles. The largest absolute Gasteiger partial charge is 0.354 e. The van der Waals surface area contributed by atoms with E-state index in [2.05, 4.69) is 22.5 Å². The van der Waals surface area contributed by atoms with Gasteiger partial charge in [0, 0.05) is 18.5 Å². The molecule has 4 N–H and O–H groups in total.